The van der Waals surface area contributed by atoms with Gasteiger partial charge in [-0.05, 0) is 43.5 Å². The summed E-state index contributed by atoms with van der Waals surface area (Å²) in [5.41, 5.74) is 8.80. The summed E-state index contributed by atoms with van der Waals surface area (Å²) >= 11 is 0. The number of aryl methyl sites for hydroxylation is 1. The number of hydrogen-bond acceptors (Lipinski definition) is 3. The molecule has 1 aromatic rings. The Morgan fingerprint density at radius 3 is 2.67 bits per heavy atom. The number of benzene rings is 1. The number of hydrogen-bond donors (Lipinski definition) is 1. The Hall–Kier alpha value is -1.51. The first-order valence-corrected chi connectivity index (χ1v) is 5.10. The van der Waals surface area contributed by atoms with E-state index in [0.29, 0.717) is 17.9 Å². The monoisotopic (exact) mass is 207 g/mol. The van der Waals surface area contributed by atoms with Crippen LogP contribution in [-0.4, -0.2) is 12.6 Å². The van der Waals surface area contributed by atoms with Crippen molar-refractivity contribution in [2.45, 2.75) is 27.2 Å². The van der Waals surface area contributed by atoms with Gasteiger partial charge in [0.25, 0.3) is 0 Å². The average molecular weight is 207 g/mol. The second kappa shape index (κ2) is 4.82. The number of anilines is 1. The fraction of sp³-hybridized carbons (Fsp3) is 0.417. The summed E-state index contributed by atoms with van der Waals surface area (Å²) in [5, 5.41) is 0. The number of ether oxygens (including phenoxy) is 1. The summed E-state index contributed by atoms with van der Waals surface area (Å²) in [6, 6.07) is 3.52. The molecule has 0 aromatic heterocycles. The maximum atomic E-state index is 11.7. The standard InChI is InChI=1S/C12H17NO2/c1-4-5-15-12(14)11-7-10(13)6-8(2)9(11)3/h6-7H,4-5,13H2,1-3H3. The molecule has 1 rings (SSSR count). The minimum atomic E-state index is -0.287. The molecule has 0 aliphatic heterocycles. The molecule has 0 amide bonds. The van der Waals surface area contributed by atoms with Crippen LogP contribution in [0, 0.1) is 13.8 Å². The lowest BCUT2D eigenvalue weighted by molar-refractivity contribution is 0.0504. The molecule has 0 atom stereocenters. The second-order valence-electron chi connectivity index (χ2n) is 3.65. The summed E-state index contributed by atoms with van der Waals surface area (Å²) in [7, 11) is 0. The van der Waals surface area contributed by atoms with Crippen LogP contribution in [0.1, 0.15) is 34.8 Å². The Morgan fingerprint density at radius 1 is 1.40 bits per heavy atom. The van der Waals surface area contributed by atoms with Gasteiger partial charge in [0, 0.05) is 5.69 Å². The van der Waals surface area contributed by atoms with E-state index >= 15 is 0 Å². The van der Waals surface area contributed by atoms with Crippen molar-refractivity contribution in [3.8, 4) is 0 Å². The van der Waals surface area contributed by atoms with Crippen molar-refractivity contribution in [1.29, 1.82) is 0 Å². The van der Waals surface area contributed by atoms with Crippen LogP contribution in [0.2, 0.25) is 0 Å². The molecular weight excluding hydrogens is 190 g/mol. The summed E-state index contributed by atoms with van der Waals surface area (Å²) < 4.78 is 5.07. The van der Waals surface area contributed by atoms with Crippen molar-refractivity contribution < 1.29 is 9.53 Å². The van der Waals surface area contributed by atoms with Gasteiger partial charge in [0.15, 0.2) is 0 Å². The molecule has 0 unspecified atom stereocenters. The van der Waals surface area contributed by atoms with E-state index in [2.05, 4.69) is 0 Å². The van der Waals surface area contributed by atoms with Gasteiger partial charge in [0.05, 0.1) is 12.2 Å². The molecule has 82 valence electrons. The summed E-state index contributed by atoms with van der Waals surface area (Å²) in [6.45, 7) is 6.25. The largest absolute Gasteiger partial charge is 0.462 e. The van der Waals surface area contributed by atoms with Crippen molar-refractivity contribution in [2.75, 3.05) is 12.3 Å². The fourth-order valence-electron chi connectivity index (χ4n) is 1.37. The van der Waals surface area contributed by atoms with E-state index in [1.165, 1.54) is 0 Å². The van der Waals surface area contributed by atoms with Crippen LogP contribution in [0.15, 0.2) is 12.1 Å². The summed E-state index contributed by atoms with van der Waals surface area (Å²) in [4.78, 5) is 11.7. The van der Waals surface area contributed by atoms with Crippen molar-refractivity contribution in [3.05, 3.63) is 28.8 Å². The van der Waals surface area contributed by atoms with Crippen LogP contribution in [-0.2, 0) is 4.74 Å². The highest BCUT2D eigenvalue weighted by molar-refractivity contribution is 5.92. The predicted octanol–water partition coefficient (Wildman–Crippen LogP) is 2.45. The minimum absolute atomic E-state index is 0.287. The highest BCUT2D eigenvalue weighted by atomic mass is 16.5. The Bertz CT molecular complexity index is 372. The summed E-state index contributed by atoms with van der Waals surface area (Å²) in [5.74, 6) is -0.287. The van der Waals surface area contributed by atoms with Crippen LogP contribution in [0.4, 0.5) is 5.69 Å². The first kappa shape index (κ1) is 11.6. The Balaban J connectivity index is 2.98. The van der Waals surface area contributed by atoms with Crippen LogP contribution in [0.25, 0.3) is 0 Å². The molecule has 0 aliphatic carbocycles. The molecule has 3 heteroatoms. The number of rotatable bonds is 3. The average Bonchev–Trinajstić information content (AvgIpc) is 2.19. The van der Waals surface area contributed by atoms with E-state index in [4.69, 9.17) is 10.5 Å². The lowest BCUT2D eigenvalue weighted by Gasteiger charge is -2.09. The zero-order valence-electron chi connectivity index (χ0n) is 9.46. The van der Waals surface area contributed by atoms with Gasteiger partial charge < -0.3 is 10.5 Å². The molecule has 15 heavy (non-hydrogen) atoms. The molecule has 0 bridgehead atoms. The molecular formula is C12H17NO2. The minimum Gasteiger partial charge on any atom is -0.462 e. The van der Waals surface area contributed by atoms with Crippen LogP contribution < -0.4 is 5.73 Å². The van der Waals surface area contributed by atoms with Gasteiger partial charge in [0.2, 0.25) is 0 Å². The SMILES string of the molecule is CCCOC(=O)c1cc(N)cc(C)c1C. The van der Waals surface area contributed by atoms with Gasteiger partial charge in [-0.15, -0.1) is 0 Å². The van der Waals surface area contributed by atoms with Crippen LogP contribution in [0.5, 0.6) is 0 Å². The maximum Gasteiger partial charge on any atom is 0.338 e. The molecule has 1 aromatic carbocycles. The van der Waals surface area contributed by atoms with E-state index in [1.54, 1.807) is 6.07 Å². The number of nitrogen functional groups attached to an aromatic ring is 1. The lowest BCUT2D eigenvalue weighted by Crippen LogP contribution is -2.09. The van der Waals surface area contributed by atoms with E-state index < -0.39 is 0 Å². The highest BCUT2D eigenvalue weighted by Crippen LogP contribution is 2.18. The Morgan fingerprint density at radius 2 is 2.07 bits per heavy atom. The normalized spacial score (nSPS) is 10.1. The molecule has 0 aliphatic rings. The third kappa shape index (κ3) is 2.72. The molecule has 3 nitrogen and oxygen atoms in total. The molecule has 0 heterocycles. The molecule has 0 spiro atoms. The van der Waals surface area contributed by atoms with Gasteiger partial charge in [-0.25, -0.2) is 4.79 Å². The van der Waals surface area contributed by atoms with Gasteiger partial charge in [-0.3, -0.25) is 0 Å². The topological polar surface area (TPSA) is 52.3 Å². The molecule has 2 N–H and O–H groups in total. The molecule has 0 radical (unpaired) electrons. The van der Waals surface area contributed by atoms with Gasteiger partial charge >= 0.3 is 5.97 Å². The predicted molar refractivity (Wildman–Crippen MR) is 60.9 cm³/mol. The van der Waals surface area contributed by atoms with Crippen LogP contribution >= 0.6 is 0 Å². The third-order valence-electron chi connectivity index (χ3n) is 2.35. The maximum absolute atomic E-state index is 11.7. The number of esters is 1. The van der Waals surface area contributed by atoms with Gasteiger partial charge in [-0.1, -0.05) is 6.92 Å². The van der Waals surface area contributed by atoms with Crippen molar-refractivity contribution in [3.63, 3.8) is 0 Å². The second-order valence-corrected chi connectivity index (χ2v) is 3.65. The smallest absolute Gasteiger partial charge is 0.338 e. The van der Waals surface area contributed by atoms with Crippen molar-refractivity contribution in [2.24, 2.45) is 0 Å². The Labute approximate surface area is 90.2 Å². The lowest BCUT2D eigenvalue weighted by atomic mass is 10.0. The van der Waals surface area contributed by atoms with Gasteiger partial charge in [-0.2, -0.15) is 0 Å². The first-order chi connectivity index (χ1) is 7.06. The fourth-order valence-corrected chi connectivity index (χ4v) is 1.37. The molecule has 0 fully saturated rings. The van der Waals surface area contributed by atoms with Crippen molar-refractivity contribution >= 4 is 11.7 Å². The Kier molecular flexibility index (Phi) is 3.72. The van der Waals surface area contributed by atoms with E-state index in [9.17, 15) is 4.79 Å². The number of carbonyl (C=O) groups excluding carboxylic acids is 1. The number of carbonyl (C=O) groups is 1. The van der Waals surface area contributed by atoms with E-state index in [0.717, 1.165) is 17.5 Å². The van der Waals surface area contributed by atoms with Crippen molar-refractivity contribution in [1.82, 2.24) is 0 Å². The van der Waals surface area contributed by atoms with E-state index in [1.807, 2.05) is 26.8 Å². The first-order valence-electron chi connectivity index (χ1n) is 5.10. The molecule has 0 saturated heterocycles. The van der Waals surface area contributed by atoms with Crippen LogP contribution in [0.3, 0.4) is 0 Å². The molecule has 0 saturated carbocycles. The number of nitrogens with two attached hydrogens (primary N) is 1. The highest BCUT2D eigenvalue weighted by Gasteiger charge is 2.12. The zero-order valence-corrected chi connectivity index (χ0v) is 9.46. The quantitative estimate of drug-likeness (QED) is 0.612. The third-order valence-corrected chi connectivity index (χ3v) is 2.35. The zero-order chi connectivity index (χ0) is 11.4. The van der Waals surface area contributed by atoms with Gasteiger partial charge in [0.1, 0.15) is 0 Å². The summed E-state index contributed by atoms with van der Waals surface area (Å²) in [6.07, 6.45) is 0.825. The van der Waals surface area contributed by atoms with E-state index in [-0.39, 0.29) is 5.97 Å².